The molecule has 0 aliphatic carbocycles. The van der Waals surface area contributed by atoms with Crippen LogP contribution in [0.25, 0.3) is 0 Å². The third kappa shape index (κ3) is 3.82. The third-order valence-electron chi connectivity index (χ3n) is 2.15. The molecule has 17 heavy (non-hydrogen) atoms. The number of carbonyl (C=O) groups is 2. The average Bonchev–Trinajstić information content (AvgIpc) is 2.28. The van der Waals surface area contributed by atoms with Crippen LogP contribution >= 0.6 is 0 Å². The zero-order chi connectivity index (χ0) is 12.8. The first kappa shape index (κ1) is 13.1. The van der Waals surface area contributed by atoms with Gasteiger partial charge in [0.1, 0.15) is 11.9 Å². The van der Waals surface area contributed by atoms with Gasteiger partial charge in [-0.3, -0.25) is 9.78 Å². The molecule has 1 aromatic rings. The van der Waals surface area contributed by atoms with Crippen LogP contribution < -0.4 is 5.32 Å². The normalized spacial score (nSPS) is 11.9. The van der Waals surface area contributed by atoms with Crippen LogP contribution in [0.4, 0.5) is 4.39 Å². The van der Waals surface area contributed by atoms with E-state index in [-0.39, 0.29) is 5.56 Å². The van der Waals surface area contributed by atoms with Crippen molar-refractivity contribution in [1.82, 2.24) is 10.3 Å². The van der Waals surface area contributed by atoms with E-state index in [2.05, 4.69) is 10.3 Å². The highest BCUT2D eigenvalue weighted by Gasteiger charge is 2.19. The van der Waals surface area contributed by atoms with E-state index in [0.717, 1.165) is 12.3 Å². The van der Waals surface area contributed by atoms with Crippen molar-refractivity contribution in [3.8, 4) is 0 Å². The number of amides is 1. The number of nitrogens with one attached hydrogen (secondary N) is 1. The molecule has 0 bridgehead atoms. The van der Waals surface area contributed by atoms with Gasteiger partial charge in [-0.2, -0.15) is 0 Å². The zero-order valence-electron chi connectivity index (χ0n) is 9.31. The Hall–Kier alpha value is -1.98. The molecule has 92 valence electrons. The van der Waals surface area contributed by atoms with Gasteiger partial charge in [-0.15, -0.1) is 0 Å². The van der Waals surface area contributed by atoms with Crippen molar-refractivity contribution in [2.75, 3.05) is 0 Å². The largest absolute Gasteiger partial charge is 0.480 e. The Labute approximate surface area is 97.7 Å². The number of aromatic nitrogens is 1. The minimum Gasteiger partial charge on any atom is -0.480 e. The lowest BCUT2D eigenvalue weighted by Gasteiger charge is -2.13. The summed E-state index contributed by atoms with van der Waals surface area (Å²) in [4.78, 5) is 25.9. The highest BCUT2D eigenvalue weighted by molar-refractivity contribution is 5.96. The Balaban J connectivity index is 2.73. The van der Waals surface area contributed by atoms with Crippen LogP contribution in [0.3, 0.4) is 0 Å². The van der Waals surface area contributed by atoms with Crippen LogP contribution in [0, 0.1) is 5.82 Å². The quantitative estimate of drug-likeness (QED) is 0.810. The predicted octanol–water partition coefficient (Wildman–Crippen LogP) is 1.20. The summed E-state index contributed by atoms with van der Waals surface area (Å²) in [5, 5.41) is 11.2. The van der Waals surface area contributed by atoms with E-state index in [4.69, 9.17) is 5.11 Å². The number of hydrogen-bond donors (Lipinski definition) is 2. The molecule has 0 aliphatic rings. The number of carboxylic acid groups (broad SMARTS) is 1. The van der Waals surface area contributed by atoms with Gasteiger partial charge in [0.15, 0.2) is 0 Å². The van der Waals surface area contributed by atoms with E-state index in [1.165, 1.54) is 6.20 Å². The summed E-state index contributed by atoms with van der Waals surface area (Å²) in [7, 11) is 0. The van der Waals surface area contributed by atoms with Crippen molar-refractivity contribution in [3.05, 3.63) is 29.8 Å². The Kier molecular flexibility index (Phi) is 4.56. The maximum atomic E-state index is 12.8. The topological polar surface area (TPSA) is 79.3 Å². The minimum absolute atomic E-state index is 0.00681. The first-order valence-corrected chi connectivity index (χ1v) is 5.18. The van der Waals surface area contributed by atoms with Crippen LogP contribution in [0.5, 0.6) is 0 Å². The molecular weight excluding hydrogens is 227 g/mol. The average molecular weight is 240 g/mol. The molecule has 1 atom stereocenters. The molecule has 1 heterocycles. The smallest absolute Gasteiger partial charge is 0.326 e. The van der Waals surface area contributed by atoms with E-state index in [1.807, 2.05) is 6.92 Å². The first-order chi connectivity index (χ1) is 8.04. The standard InChI is InChI=1S/C11H13FN2O3/c1-2-3-9(11(16)17)14-10(15)7-4-8(12)6-13-5-7/h4-6,9H,2-3H2,1H3,(H,14,15)(H,16,17)/t9-/m0/s1. The van der Waals surface area contributed by atoms with E-state index in [0.29, 0.717) is 12.8 Å². The van der Waals surface area contributed by atoms with Crippen LogP contribution in [-0.2, 0) is 4.79 Å². The summed E-state index contributed by atoms with van der Waals surface area (Å²) in [6.45, 7) is 1.81. The molecule has 2 N–H and O–H groups in total. The van der Waals surface area contributed by atoms with E-state index in [1.54, 1.807) is 0 Å². The zero-order valence-corrected chi connectivity index (χ0v) is 9.31. The lowest BCUT2D eigenvalue weighted by Crippen LogP contribution is -2.40. The number of carbonyl (C=O) groups excluding carboxylic acids is 1. The van der Waals surface area contributed by atoms with Crippen molar-refractivity contribution in [3.63, 3.8) is 0 Å². The number of carboxylic acids is 1. The molecule has 0 spiro atoms. The van der Waals surface area contributed by atoms with Crippen molar-refractivity contribution in [1.29, 1.82) is 0 Å². The van der Waals surface area contributed by atoms with Crippen LogP contribution in [-0.4, -0.2) is 28.0 Å². The lowest BCUT2D eigenvalue weighted by atomic mass is 10.1. The second-order valence-electron chi connectivity index (χ2n) is 3.54. The number of hydrogen-bond acceptors (Lipinski definition) is 3. The van der Waals surface area contributed by atoms with E-state index < -0.39 is 23.7 Å². The van der Waals surface area contributed by atoms with Gasteiger partial charge in [0, 0.05) is 6.20 Å². The summed E-state index contributed by atoms with van der Waals surface area (Å²) >= 11 is 0. The molecule has 1 aromatic heterocycles. The second kappa shape index (κ2) is 5.93. The number of nitrogens with zero attached hydrogens (tertiary/aromatic N) is 1. The second-order valence-corrected chi connectivity index (χ2v) is 3.54. The fraction of sp³-hybridized carbons (Fsp3) is 0.364. The molecule has 0 saturated heterocycles. The van der Waals surface area contributed by atoms with Gasteiger partial charge >= 0.3 is 5.97 Å². The monoisotopic (exact) mass is 240 g/mol. The van der Waals surface area contributed by atoms with E-state index >= 15 is 0 Å². The summed E-state index contributed by atoms with van der Waals surface area (Å²) in [5.74, 6) is -2.39. The molecule has 0 unspecified atom stereocenters. The highest BCUT2D eigenvalue weighted by atomic mass is 19.1. The van der Waals surface area contributed by atoms with Gasteiger partial charge in [0.2, 0.25) is 0 Å². The van der Waals surface area contributed by atoms with Gasteiger partial charge in [-0.25, -0.2) is 9.18 Å². The maximum absolute atomic E-state index is 12.8. The Bertz CT molecular complexity index is 423. The molecule has 0 radical (unpaired) electrons. The SMILES string of the molecule is CCC[C@H](NC(=O)c1cncc(F)c1)C(=O)O. The van der Waals surface area contributed by atoms with E-state index in [9.17, 15) is 14.0 Å². The van der Waals surface area contributed by atoms with Crippen LogP contribution in [0.1, 0.15) is 30.1 Å². The van der Waals surface area contributed by atoms with Gasteiger partial charge in [0.05, 0.1) is 11.8 Å². The Morgan fingerprint density at radius 3 is 2.76 bits per heavy atom. The molecule has 0 aromatic carbocycles. The number of pyridine rings is 1. The minimum atomic E-state index is -1.11. The molecule has 0 saturated carbocycles. The van der Waals surface area contributed by atoms with Gasteiger partial charge in [-0.1, -0.05) is 13.3 Å². The summed E-state index contributed by atoms with van der Waals surface area (Å²) in [6, 6.07) is 0.0449. The first-order valence-electron chi connectivity index (χ1n) is 5.18. The Morgan fingerprint density at radius 2 is 2.24 bits per heavy atom. The molecule has 1 amide bonds. The van der Waals surface area contributed by atoms with Crippen molar-refractivity contribution in [2.24, 2.45) is 0 Å². The molecule has 0 aliphatic heterocycles. The highest BCUT2D eigenvalue weighted by Crippen LogP contribution is 2.03. The number of rotatable bonds is 5. The molecule has 6 heteroatoms. The van der Waals surface area contributed by atoms with Crippen LogP contribution in [0.2, 0.25) is 0 Å². The summed E-state index contributed by atoms with van der Waals surface area (Å²) in [5.41, 5.74) is 0.00681. The molecule has 1 rings (SSSR count). The van der Waals surface area contributed by atoms with Crippen molar-refractivity contribution >= 4 is 11.9 Å². The van der Waals surface area contributed by atoms with Crippen molar-refractivity contribution in [2.45, 2.75) is 25.8 Å². The third-order valence-corrected chi connectivity index (χ3v) is 2.15. The number of aliphatic carboxylic acids is 1. The van der Waals surface area contributed by atoms with Crippen LogP contribution in [0.15, 0.2) is 18.5 Å². The van der Waals surface area contributed by atoms with Gasteiger partial charge in [0.25, 0.3) is 5.91 Å². The number of halogens is 1. The summed E-state index contributed by atoms with van der Waals surface area (Å²) in [6.07, 6.45) is 3.10. The fourth-order valence-electron chi connectivity index (χ4n) is 1.32. The van der Waals surface area contributed by atoms with Gasteiger partial charge < -0.3 is 10.4 Å². The maximum Gasteiger partial charge on any atom is 0.326 e. The van der Waals surface area contributed by atoms with Crippen molar-refractivity contribution < 1.29 is 19.1 Å². The molecular formula is C11H13FN2O3. The fourth-order valence-corrected chi connectivity index (χ4v) is 1.32. The summed E-state index contributed by atoms with van der Waals surface area (Å²) < 4.78 is 12.8. The predicted molar refractivity (Wildman–Crippen MR) is 58.0 cm³/mol. The molecule has 0 fully saturated rings. The lowest BCUT2D eigenvalue weighted by molar-refractivity contribution is -0.139. The van der Waals surface area contributed by atoms with Gasteiger partial charge in [-0.05, 0) is 12.5 Å². The molecule has 5 nitrogen and oxygen atoms in total. The Morgan fingerprint density at radius 1 is 1.53 bits per heavy atom.